The predicted molar refractivity (Wildman–Crippen MR) is 34.8 cm³/mol. The lowest BCUT2D eigenvalue weighted by molar-refractivity contribution is 0.149. The molecule has 0 aromatic rings. The highest BCUT2D eigenvalue weighted by atomic mass is 15.7. The van der Waals surface area contributed by atoms with Crippen LogP contribution in [-0.4, -0.2) is 18.2 Å². The number of nitrogens with zero attached hydrogens (tertiary/aromatic N) is 1. The van der Waals surface area contributed by atoms with Crippen LogP contribution >= 0.6 is 0 Å². The molecule has 3 nitrogen and oxygen atoms in total. The molecule has 0 bridgehead atoms. The minimum Gasteiger partial charge on any atom is -0.255 e. The highest BCUT2D eigenvalue weighted by molar-refractivity contribution is 4.51. The first-order valence-corrected chi connectivity index (χ1v) is 2.93. The Balaban J connectivity index is 3.29. The highest BCUT2D eigenvalue weighted by Gasteiger charge is 2.01. The van der Waals surface area contributed by atoms with Crippen molar-refractivity contribution in [2.45, 2.75) is 26.3 Å². The summed E-state index contributed by atoms with van der Waals surface area (Å²) >= 11 is 0. The van der Waals surface area contributed by atoms with Gasteiger partial charge in [0.1, 0.15) is 0 Å². The average Bonchev–Trinajstić information content (AvgIpc) is 1.84. The van der Waals surface area contributed by atoms with Crippen molar-refractivity contribution in [2.24, 2.45) is 5.84 Å². The third-order valence-corrected chi connectivity index (χ3v) is 1.32. The molecule has 0 aliphatic rings. The first kappa shape index (κ1) is 7.88. The summed E-state index contributed by atoms with van der Waals surface area (Å²) in [5.41, 5.74) is 2.83. The number of nitrogens with one attached hydrogen (secondary N) is 1. The molecule has 1 unspecified atom stereocenters. The molecule has 50 valence electrons. The summed E-state index contributed by atoms with van der Waals surface area (Å²) in [6.07, 6.45) is 1.07. The second-order valence-electron chi connectivity index (χ2n) is 1.89. The predicted octanol–water partition coefficient (Wildman–Crippen LogP) is 0.0950. The lowest BCUT2D eigenvalue weighted by Crippen LogP contribution is -2.47. The molecule has 0 radical (unpaired) electrons. The van der Waals surface area contributed by atoms with Crippen LogP contribution in [0.1, 0.15) is 20.3 Å². The van der Waals surface area contributed by atoms with Gasteiger partial charge in [0.15, 0.2) is 0 Å². The molecule has 0 amide bonds. The quantitative estimate of drug-likeness (QED) is 0.407. The van der Waals surface area contributed by atoms with Gasteiger partial charge in [-0.3, -0.25) is 5.84 Å². The van der Waals surface area contributed by atoms with Gasteiger partial charge in [0.2, 0.25) is 0 Å². The maximum absolute atomic E-state index is 5.45. The molecule has 3 heteroatoms. The van der Waals surface area contributed by atoms with Crippen LogP contribution in [0.15, 0.2) is 0 Å². The lowest BCUT2D eigenvalue weighted by atomic mass is 10.3. The van der Waals surface area contributed by atoms with E-state index in [9.17, 15) is 0 Å². The largest absolute Gasteiger partial charge is 0.255 e. The van der Waals surface area contributed by atoms with E-state index in [2.05, 4.69) is 19.3 Å². The van der Waals surface area contributed by atoms with Crippen LogP contribution in [0.2, 0.25) is 0 Å². The van der Waals surface area contributed by atoms with E-state index in [1.54, 1.807) is 5.12 Å². The molecule has 0 saturated heterocycles. The minimum absolute atomic E-state index is 0.417. The Bertz CT molecular complexity index is 47.6. The Labute approximate surface area is 50.8 Å². The van der Waals surface area contributed by atoms with Gasteiger partial charge in [-0.1, -0.05) is 6.92 Å². The first-order chi connectivity index (χ1) is 3.72. The van der Waals surface area contributed by atoms with Gasteiger partial charge in [-0.2, -0.15) is 5.12 Å². The Kier molecular flexibility index (Phi) is 3.77. The third-order valence-electron chi connectivity index (χ3n) is 1.32. The van der Waals surface area contributed by atoms with Crippen LogP contribution in [0.25, 0.3) is 0 Å². The zero-order chi connectivity index (χ0) is 6.57. The molecule has 0 aliphatic heterocycles. The molecular formula is C5H15N3. The van der Waals surface area contributed by atoms with Gasteiger partial charge >= 0.3 is 0 Å². The Morgan fingerprint density at radius 1 is 1.75 bits per heavy atom. The van der Waals surface area contributed by atoms with Crippen molar-refractivity contribution in [3.05, 3.63) is 0 Å². The van der Waals surface area contributed by atoms with Crippen molar-refractivity contribution in [1.82, 2.24) is 10.5 Å². The van der Waals surface area contributed by atoms with Crippen molar-refractivity contribution >= 4 is 0 Å². The standard InChI is InChI=1S/C5H15N3/c1-4-5(2)8(6)7-3/h5,7H,4,6H2,1-3H3. The summed E-state index contributed by atoms with van der Waals surface area (Å²) in [5.74, 6) is 5.45. The molecule has 0 aliphatic carbocycles. The molecule has 0 aromatic heterocycles. The first-order valence-electron chi connectivity index (χ1n) is 2.93. The molecule has 0 heterocycles. The summed E-state index contributed by atoms with van der Waals surface area (Å²) in [5, 5.41) is 1.60. The van der Waals surface area contributed by atoms with Crippen molar-refractivity contribution in [2.75, 3.05) is 7.05 Å². The maximum atomic E-state index is 5.45. The smallest absolute Gasteiger partial charge is 0.0366 e. The van der Waals surface area contributed by atoms with Crippen molar-refractivity contribution in [1.29, 1.82) is 0 Å². The van der Waals surface area contributed by atoms with Crippen LogP contribution in [0.4, 0.5) is 0 Å². The van der Waals surface area contributed by atoms with Gasteiger partial charge in [0.05, 0.1) is 0 Å². The number of hydrogen-bond acceptors (Lipinski definition) is 3. The molecule has 8 heavy (non-hydrogen) atoms. The van der Waals surface area contributed by atoms with E-state index in [-0.39, 0.29) is 0 Å². The molecule has 0 saturated carbocycles. The number of hydrazine groups is 2. The van der Waals surface area contributed by atoms with E-state index in [4.69, 9.17) is 5.84 Å². The van der Waals surface area contributed by atoms with Crippen molar-refractivity contribution in [3.8, 4) is 0 Å². The zero-order valence-corrected chi connectivity index (χ0v) is 5.81. The number of rotatable bonds is 3. The molecule has 0 aromatic carbocycles. The molecule has 0 rings (SSSR count). The SMILES string of the molecule is CCC(C)N(N)NC. The highest BCUT2D eigenvalue weighted by Crippen LogP contribution is 1.91. The van der Waals surface area contributed by atoms with Crippen molar-refractivity contribution < 1.29 is 0 Å². The fraction of sp³-hybridized carbons (Fsp3) is 1.00. The summed E-state index contributed by atoms with van der Waals surface area (Å²) in [6.45, 7) is 4.17. The van der Waals surface area contributed by atoms with Gasteiger partial charge in [0.25, 0.3) is 0 Å². The molecule has 0 fully saturated rings. The fourth-order valence-corrected chi connectivity index (χ4v) is 0.417. The monoisotopic (exact) mass is 117 g/mol. The van der Waals surface area contributed by atoms with Gasteiger partial charge in [0, 0.05) is 13.1 Å². The lowest BCUT2D eigenvalue weighted by Gasteiger charge is -2.20. The van der Waals surface area contributed by atoms with E-state index < -0.39 is 0 Å². The van der Waals surface area contributed by atoms with Crippen LogP contribution in [0.5, 0.6) is 0 Å². The molecular weight excluding hydrogens is 102 g/mol. The normalized spacial score (nSPS) is 14.6. The minimum atomic E-state index is 0.417. The van der Waals surface area contributed by atoms with Gasteiger partial charge < -0.3 is 0 Å². The van der Waals surface area contributed by atoms with Crippen LogP contribution in [-0.2, 0) is 0 Å². The number of hydrogen-bond donors (Lipinski definition) is 2. The Morgan fingerprint density at radius 2 is 2.25 bits per heavy atom. The topological polar surface area (TPSA) is 41.3 Å². The summed E-state index contributed by atoms with van der Waals surface area (Å²) in [6, 6.07) is 0.417. The van der Waals surface area contributed by atoms with Gasteiger partial charge in [-0.05, 0) is 13.3 Å². The van der Waals surface area contributed by atoms with Crippen LogP contribution < -0.4 is 11.3 Å². The van der Waals surface area contributed by atoms with E-state index in [1.807, 2.05) is 7.05 Å². The number of nitrogens with two attached hydrogens (primary N) is 1. The van der Waals surface area contributed by atoms with Gasteiger partial charge in [-0.15, -0.1) is 0 Å². The second-order valence-corrected chi connectivity index (χ2v) is 1.89. The van der Waals surface area contributed by atoms with E-state index in [0.717, 1.165) is 6.42 Å². The maximum Gasteiger partial charge on any atom is 0.0366 e. The molecule has 1 atom stereocenters. The molecule has 0 spiro atoms. The molecule has 3 N–H and O–H groups in total. The van der Waals surface area contributed by atoms with Crippen molar-refractivity contribution in [3.63, 3.8) is 0 Å². The van der Waals surface area contributed by atoms with Gasteiger partial charge in [-0.25, -0.2) is 5.43 Å². The fourth-order valence-electron chi connectivity index (χ4n) is 0.417. The average molecular weight is 117 g/mol. The Morgan fingerprint density at radius 3 is 2.38 bits per heavy atom. The third kappa shape index (κ3) is 2.26. The summed E-state index contributed by atoms with van der Waals surface area (Å²) in [7, 11) is 1.81. The van der Waals surface area contributed by atoms with Crippen LogP contribution in [0.3, 0.4) is 0 Å². The van der Waals surface area contributed by atoms with E-state index in [1.165, 1.54) is 0 Å². The summed E-state index contributed by atoms with van der Waals surface area (Å²) in [4.78, 5) is 0. The van der Waals surface area contributed by atoms with E-state index in [0.29, 0.717) is 6.04 Å². The second kappa shape index (κ2) is 3.83. The van der Waals surface area contributed by atoms with E-state index >= 15 is 0 Å². The summed E-state index contributed by atoms with van der Waals surface area (Å²) < 4.78 is 0. The van der Waals surface area contributed by atoms with Crippen LogP contribution in [0, 0.1) is 0 Å². The zero-order valence-electron chi connectivity index (χ0n) is 5.81. The Hall–Kier alpha value is -0.120.